The van der Waals surface area contributed by atoms with E-state index in [9.17, 15) is 18.2 Å². The predicted molar refractivity (Wildman–Crippen MR) is 224 cm³/mol. The maximum absolute atomic E-state index is 14.0. The van der Waals surface area contributed by atoms with Gasteiger partial charge in [0.15, 0.2) is 34.5 Å². The first-order chi connectivity index (χ1) is 29.8. The average molecular weight is 889 g/mol. The second-order valence-electron chi connectivity index (χ2n) is 14.9. The zero-order valence-corrected chi connectivity index (χ0v) is 36.8. The molecule has 6 rings (SSSR count). The highest BCUT2D eigenvalue weighted by molar-refractivity contribution is 7.58. The van der Waals surface area contributed by atoms with E-state index in [4.69, 9.17) is 56.8 Å². The van der Waals surface area contributed by atoms with E-state index in [0.717, 1.165) is 11.1 Å². The molecule has 4 aromatic carbocycles. The van der Waals surface area contributed by atoms with Crippen molar-refractivity contribution >= 4 is 7.37 Å². The van der Waals surface area contributed by atoms with Gasteiger partial charge in [0.05, 0.1) is 75.7 Å². The quantitative estimate of drug-likeness (QED) is 0.0719. The van der Waals surface area contributed by atoms with Gasteiger partial charge in [-0.15, -0.1) is 0 Å². The fourth-order valence-electron chi connectivity index (χ4n) is 7.28. The van der Waals surface area contributed by atoms with Gasteiger partial charge in [0.2, 0.25) is 13.7 Å². The number of hydrogen-bond donors (Lipinski definition) is 1. The molecule has 3 unspecified atom stereocenters. The van der Waals surface area contributed by atoms with Crippen LogP contribution in [0.15, 0.2) is 78.9 Å². The van der Waals surface area contributed by atoms with Gasteiger partial charge in [-0.05, 0) is 83.8 Å². The van der Waals surface area contributed by atoms with E-state index in [1.54, 1.807) is 82.0 Å². The molecule has 2 aliphatic rings. The van der Waals surface area contributed by atoms with Crippen LogP contribution in [0.25, 0.3) is 0 Å². The molecule has 7 atom stereocenters. The van der Waals surface area contributed by atoms with Crippen LogP contribution in [0.2, 0.25) is 0 Å². The summed E-state index contributed by atoms with van der Waals surface area (Å²) in [7, 11) is 6.72. The van der Waals surface area contributed by atoms with Crippen LogP contribution in [0.4, 0.5) is 8.78 Å². The smallest absolute Gasteiger partial charge is 0.252 e. The third-order valence-corrected chi connectivity index (χ3v) is 12.8. The lowest BCUT2D eigenvalue weighted by Gasteiger charge is -2.46. The molecule has 0 bridgehead atoms. The Morgan fingerprint density at radius 3 is 1.44 bits per heavy atom. The minimum absolute atomic E-state index is 0.0125. The predicted octanol–water partition coefficient (Wildman–Crippen LogP) is 7.92. The van der Waals surface area contributed by atoms with Gasteiger partial charge < -0.3 is 61.7 Å². The van der Waals surface area contributed by atoms with Crippen molar-refractivity contribution in [3.05, 3.63) is 95.6 Å². The number of ether oxygens (including phenoxy) is 12. The normalized spacial score (nSPS) is 22.5. The molecule has 17 heteroatoms. The number of alkyl halides is 2. The molecule has 0 radical (unpaired) electrons. The highest BCUT2D eigenvalue weighted by Gasteiger charge is 2.59. The van der Waals surface area contributed by atoms with Crippen LogP contribution >= 0.6 is 7.37 Å². The maximum atomic E-state index is 14.0. The number of rotatable bonds is 23. The van der Waals surface area contributed by atoms with Crippen LogP contribution < -0.4 is 37.9 Å². The summed E-state index contributed by atoms with van der Waals surface area (Å²) >= 11 is 0. The van der Waals surface area contributed by atoms with Gasteiger partial charge >= 0.3 is 0 Å². The topological polar surface area (TPSA) is 148 Å². The van der Waals surface area contributed by atoms with E-state index in [0.29, 0.717) is 51.6 Å². The summed E-state index contributed by atoms with van der Waals surface area (Å²) in [6, 6.07) is 23.0. The monoisotopic (exact) mass is 888 g/mol. The molecule has 1 saturated heterocycles. The molecule has 0 aromatic heterocycles. The van der Waals surface area contributed by atoms with Crippen molar-refractivity contribution in [2.75, 3.05) is 62.1 Å². The van der Waals surface area contributed by atoms with E-state index in [1.807, 2.05) is 18.2 Å². The van der Waals surface area contributed by atoms with Crippen molar-refractivity contribution in [3.8, 4) is 46.0 Å². The number of methoxy groups -OCH3 is 7. The molecule has 1 N–H and O–H groups in total. The Morgan fingerprint density at radius 2 is 1.02 bits per heavy atom. The Balaban J connectivity index is 1.40. The van der Waals surface area contributed by atoms with E-state index >= 15 is 0 Å². The first-order valence-electron chi connectivity index (χ1n) is 20.0. The van der Waals surface area contributed by atoms with E-state index < -0.39 is 62.5 Å². The Hall–Kier alpha value is -4.83. The van der Waals surface area contributed by atoms with Crippen LogP contribution in [0.5, 0.6) is 46.0 Å². The fourth-order valence-corrected chi connectivity index (χ4v) is 9.21. The molecular weight excluding hydrogens is 833 g/mol. The molecule has 0 amide bonds. The summed E-state index contributed by atoms with van der Waals surface area (Å²) < 4.78 is 113. The zero-order chi connectivity index (χ0) is 44.4. The molecule has 0 spiro atoms. The summed E-state index contributed by atoms with van der Waals surface area (Å²) in [4.78, 5) is 11.1. The lowest BCUT2D eigenvalue weighted by molar-refractivity contribution is -0.304. The maximum Gasteiger partial charge on any atom is 0.252 e. The summed E-state index contributed by atoms with van der Waals surface area (Å²) in [5.74, 6) is -0.0586. The first-order valence-corrected chi connectivity index (χ1v) is 22.0. The lowest BCUT2D eigenvalue weighted by atomic mass is 9.96. The average Bonchev–Trinajstić information content (AvgIpc) is 3.89. The molecule has 1 saturated carbocycles. The van der Waals surface area contributed by atoms with Crippen LogP contribution in [-0.2, 0) is 43.3 Å². The van der Waals surface area contributed by atoms with Crippen molar-refractivity contribution in [2.24, 2.45) is 5.92 Å². The van der Waals surface area contributed by atoms with Crippen molar-refractivity contribution in [2.45, 2.75) is 69.3 Å². The summed E-state index contributed by atoms with van der Waals surface area (Å²) in [5.41, 5.74) is 2.16. The third kappa shape index (κ3) is 11.8. The highest BCUT2D eigenvalue weighted by atomic mass is 31.2. The van der Waals surface area contributed by atoms with Crippen molar-refractivity contribution in [1.82, 2.24) is 0 Å². The molecule has 2 fully saturated rings. The van der Waals surface area contributed by atoms with Gasteiger partial charge in [-0.25, -0.2) is 8.78 Å². The van der Waals surface area contributed by atoms with Crippen molar-refractivity contribution < 1.29 is 75.1 Å². The van der Waals surface area contributed by atoms with Gasteiger partial charge in [0.25, 0.3) is 5.92 Å². The molecule has 14 nitrogen and oxygen atoms in total. The van der Waals surface area contributed by atoms with E-state index in [1.165, 1.54) is 28.4 Å². The number of hydrogen-bond acceptors (Lipinski definition) is 13. The Morgan fingerprint density at radius 1 is 0.597 bits per heavy atom. The number of benzene rings is 4. The second kappa shape index (κ2) is 21.0. The molecule has 1 heterocycles. The minimum atomic E-state index is -4.05. The van der Waals surface area contributed by atoms with Crippen molar-refractivity contribution in [3.63, 3.8) is 0 Å². The Bertz CT molecular complexity index is 2120. The summed E-state index contributed by atoms with van der Waals surface area (Å²) in [6.07, 6.45) is -6.43. The summed E-state index contributed by atoms with van der Waals surface area (Å²) in [5, 5.41) is 0. The first kappa shape index (κ1) is 46.7. The minimum Gasteiger partial charge on any atom is -0.497 e. The lowest BCUT2D eigenvalue weighted by Crippen LogP contribution is -2.61. The van der Waals surface area contributed by atoms with Crippen LogP contribution in [-0.4, -0.2) is 104 Å². The Kier molecular flexibility index (Phi) is 15.8. The van der Waals surface area contributed by atoms with Crippen LogP contribution in [0.3, 0.4) is 0 Å². The van der Waals surface area contributed by atoms with Gasteiger partial charge in [0, 0.05) is 24.7 Å². The molecule has 1 aliphatic heterocycles. The molecule has 62 heavy (non-hydrogen) atoms. The molecular formula is C45H55F2O14P. The van der Waals surface area contributed by atoms with Crippen LogP contribution in [0.1, 0.15) is 29.5 Å². The fraction of sp³-hybridized carbons (Fsp3) is 0.467. The zero-order valence-electron chi connectivity index (χ0n) is 35.9. The Labute approximate surface area is 360 Å². The molecule has 1 aliphatic carbocycles. The highest BCUT2D eigenvalue weighted by Crippen LogP contribution is 2.57. The van der Waals surface area contributed by atoms with E-state index in [2.05, 4.69) is 0 Å². The van der Waals surface area contributed by atoms with Crippen LogP contribution in [0, 0.1) is 5.92 Å². The molecule has 4 aromatic rings. The number of halogens is 2. The van der Waals surface area contributed by atoms with Crippen molar-refractivity contribution in [1.29, 1.82) is 0 Å². The standard InChI is InChI=1S/C45H55F2O14P/c1-50-32-11-13-33(14-12-32)60-44-43(59-26-30-10-17-36(53-4)40(22-30)56-7)42(58-25-29-9-16-35(52-3)39(21-29)55-6)41(57-24-28-8-15-34(51-2)38(20-28)54-5)37(61-44)18-19-62(48,49)27-31-23-45(31,46)47/h8-17,20-22,31,37,41-44H,18-19,23-27H2,1-7H3,(H,48,49)/t31?,37-,41-,42+,43+,44?/m1/s1. The SMILES string of the molecule is COc1ccc(OC2O[C@H](CCP(=O)(O)CC3CC3(F)F)[C@@H](OCc3ccc(OC)c(OC)c3)[C@H](OCc3ccc(OC)c(OC)c3)[C@@H]2OCc2ccc(OC)c(OC)c2)cc1. The summed E-state index contributed by atoms with van der Waals surface area (Å²) in [6.45, 7) is 0.0643. The van der Waals surface area contributed by atoms with Gasteiger partial charge in [-0.3, -0.25) is 4.57 Å². The molecule has 338 valence electrons. The van der Waals surface area contributed by atoms with Gasteiger partial charge in [-0.1, -0.05) is 18.2 Å². The second-order valence-corrected chi connectivity index (χ2v) is 17.4. The largest absolute Gasteiger partial charge is 0.497 e. The third-order valence-electron chi connectivity index (χ3n) is 10.8. The van der Waals surface area contributed by atoms with E-state index in [-0.39, 0.29) is 32.4 Å². The van der Waals surface area contributed by atoms with Gasteiger partial charge in [0.1, 0.15) is 29.8 Å². The van der Waals surface area contributed by atoms with Gasteiger partial charge in [-0.2, -0.15) is 0 Å².